The molecule has 26 heavy (non-hydrogen) atoms. The molecule has 1 aromatic carbocycles. The van der Waals surface area contributed by atoms with Crippen LogP contribution in [0.1, 0.15) is 42.3 Å². The smallest absolute Gasteiger partial charge is 0.140 e. The zero-order chi connectivity index (χ0) is 18.7. The highest BCUT2D eigenvalue weighted by Crippen LogP contribution is 2.37. The molecule has 140 valence electrons. The summed E-state index contributed by atoms with van der Waals surface area (Å²) in [6.45, 7) is 9.12. The summed E-state index contributed by atoms with van der Waals surface area (Å²) in [5.74, 6) is 0.270. The lowest BCUT2D eigenvalue weighted by molar-refractivity contribution is -0.124. The zero-order valence-electron chi connectivity index (χ0n) is 16.0. The van der Waals surface area contributed by atoms with Gasteiger partial charge in [-0.05, 0) is 52.3 Å². The fourth-order valence-corrected chi connectivity index (χ4v) is 4.19. The molecular formula is C21H29N3O2. The quantitative estimate of drug-likeness (QED) is 0.865. The largest absolute Gasteiger partial charge is 0.394 e. The maximum Gasteiger partial charge on any atom is 0.140 e. The van der Waals surface area contributed by atoms with E-state index < -0.39 is 0 Å². The van der Waals surface area contributed by atoms with E-state index in [0.717, 1.165) is 49.4 Å². The molecule has 1 aromatic heterocycles. The maximum atomic E-state index is 12.5. The molecule has 1 fully saturated rings. The van der Waals surface area contributed by atoms with Gasteiger partial charge >= 0.3 is 0 Å². The fourth-order valence-electron chi connectivity index (χ4n) is 4.19. The van der Waals surface area contributed by atoms with Crippen LogP contribution in [0, 0.1) is 13.8 Å². The van der Waals surface area contributed by atoms with Crippen molar-refractivity contribution in [2.24, 2.45) is 0 Å². The molecule has 0 spiro atoms. The van der Waals surface area contributed by atoms with E-state index >= 15 is 0 Å². The average Bonchev–Trinajstić information content (AvgIpc) is 2.91. The monoisotopic (exact) mass is 355 g/mol. The van der Waals surface area contributed by atoms with Crippen molar-refractivity contribution in [1.82, 2.24) is 14.7 Å². The standard InChI is InChI=1S/C21H29N3O2/c1-16-20(17(2)24(22-16)13-14-25)15-23-11-9-21(10-12-23,18(3)26)19-7-5-4-6-8-19/h4-8,25H,9-15H2,1-3H3. The molecule has 0 saturated carbocycles. The van der Waals surface area contributed by atoms with Gasteiger partial charge in [0.1, 0.15) is 5.78 Å². The lowest BCUT2D eigenvalue weighted by atomic mass is 9.70. The van der Waals surface area contributed by atoms with E-state index in [-0.39, 0.29) is 17.8 Å². The summed E-state index contributed by atoms with van der Waals surface area (Å²) < 4.78 is 1.89. The number of benzene rings is 1. The fraction of sp³-hybridized carbons (Fsp3) is 0.524. The molecule has 1 aliphatic heterocycles. The Morgan fingerprint density at radius 3 is 2.42 bits per heavy atom. The van der Waals surface area contributed by atoms with E-state index in [1.807, 2.05) is 29.8 Å². The average molecular weight is 355 g/mol. The van der Waals surface area contributed by atoms with Gasteiger partial charge in [0.05, 0.1) is 24.3 Å². The Morgan fingerprint density at radius 1 is 1.19 bits per heavy atom. The third-order valence-electron chi connectivity index (χ3n) is 5.93. The van der Waals surface area contributed by atoms with Gasteiger partial charge in [0.2, 0.25) is 0 Å². The Balaban J connectivity index is 1.73. The first-order valence-electron chi connectivity index (χ1n) is 9.40. The Bertz CT molecular complexity index is 759. The molecule has 0 atom stereocenters. The first-order chi connectivity index (χ1) is 12.5. The van der Waals surface area contributed by atoms with Gasteiger partial charge in [-0.25, -0.2) is 0 Å². The van der Waals surface area contributed by atoms with Crippen molar-refractivity contribution >= 4 is 5.78 Å². The molecule has 0 bridgehead atoms. The van der Waals surface area contributed by atoms with E-state index in [1.165, 1.54) is 5.56 Å². The minimum atomic E-state index is -0.344. The number of aryl methyl sites for hydroxylation is 1. The minimum Gasteiger partial charge on any atom is -0.394 e. The zero-order valence-corrected chi connectivity index (χ0v) is 16.0. The summed E-state index contributed by atoms with van der Waals surface area (Å²) in [4.78, 5) is 14.9. The Morgan fingerprint density at radius 2 is 1.85 bits per heavy atom. The van der Waals surface area contributed by atoms with Gasteiger partial charge in [-0.15, -0.1) is 0 Å². The molecule has 1 N–H and O–H groups in total. The topological polar surface area (TPSA) is 58.4 Å². The normalized spacial score (nSPS) is 17.4. The summed E-state index contributed by atoms with van der Waals surface area (Å²) in [6.07, 6.45) is 1.71. The predicted octanol–water partition coefficient (Wildman–Crippen LogP) is 2.62. The lowest BCUT2D eigenvalue weighted by Gasteiger charge is -2.40. The van der Waals surface area contributed by atoms with E-state index in [0.29, 0.717) is 6.54 Å². The number of carbonyl (C=O) groups excluding carboxylic acids is 1. The number of likely N-dealkylation sites (tertiary alicyclic amines) is 1. The van der Waals surface area contributed by atoms with Gasteiger partial charge < -0.3 is 5.11 Å². The number of hydrogen-bond acceptors (Lipinski definition) is 4. The second-order valence-corrected chi connectivity index (χ2v) is 7.38. The summed E-state index contributed by atoms with van der Waals surface area (Å²) in [6, 6.07) is 10.2. The first-order valence-corrected chi connectivity index (χ1v) is 9.40. The number of hydrogen-bond donors (Lipinski definition) is 1. The maximum absolute atomic E-state index is 12.5. The summed E-state index contributed by atoms with van der Waals surface area (Å²) >= 11 is 0. The van der Waals surface area contributed by atoms with Crippen LogP contribution in [0.4, 0.5) is 0 Å². The highest BCUT2D eigenvalue weighted by atomic mass is 16.3. The van der Waals surface area contributed by atoms with Gasteiger partial charge in [-0.1, -0.05) is 30.3 Å². The van der Waals surface area contributed by atoms with Gasteiger partial charge in [0.15, 0.2) is 0 Å². The van der Waals surface area contributed by atoms with Crippen molar-refractivity contribution in [2.45, 2.75) is 52.1 Å². The molecule has 0 radical (unpaired) electrons. The van der Waals surface area contributed by atoms with Crippen LogP contribution in [0.25, 0.3) is 0 Å². The van der Waals surface area contributed by atoms with Gasteiger partial charge in [-0.3, -0.25) is 14.4 Å². The van der Waals surface area contributed by atoms with Crippen LogP contribution < -0.4 is 0 Å². The number of aromatic nitrogens is 2. The first kappa shape index (κ1) is 18.8. The number of rotatable bonds is 6. The van der Waals surface area contributed by atoms with Crippen molar-refractivity contribution in [1.29, 1.82) is 0 Å². The molecule has 5 heteroatoms. The molecule has 1 saturated heterocycles. The van der Waals surface area contributed by atoms with E-state index in [4.69, 9.17) is 0 Å². The molecule has 0 aliphatic carbocycles. The number of aliphatic hydroxyl groups excluding tert-OH is 1. The van der Waals surface area contributed by atoms with Crippen molar-refractivity contribution in [3.8, 4) is 0 Å². The third-order valence-corrected chi connectivity index (χ3v) is 5.93. The molecule has 2 heterocycles. The Labute approximate surface area is 155 Å². The predicted molar refractivity (Wildman–Crippen MR) is 102 cm³/mol. The molecule has 0 amide bonds. The molecular weight excluding hydrogens is 326 g/mol. The highest BCUT2D eigenvalue weighted by molar-refractivity contribution is 5.88. The molecule has 5 nitrogen and oxygen atoms in total. The summed E-state index contributed by atoms with van der Waals surface area (Å²) in [5.41, 5.74) is 4.21. The number of piperidine rings is 1. The number of ketones is 1. The number of carbonyl (C=O) groups is 1. The third kappa shape index (κ3) is 3.46. The van der Waals surface area contributed by atoms with Crippen LogP contribution in [0.2, 0.25) is 0 Å². The minimum absolute atomic E-state index is 0.101. The van der Waals surface area contributed by atoms with E-state index in [1.54, 1.807) is 6.92 Å². The molecule has 1 aliphatic rings. The van der Waals surface area contributed by atoms with Crippen LogP contribution in [0.5, 0.6) is 0 Å². The number of Topliss-reactive ketones (excluding diaryl/α,β-unsaturated/α-hetero) is 1. The van der Waals surface area contributed by atoms with Crippen LogP contribution in [-0.2, 0) is 23.3 Å². The van der Waals surface area contributed by atoms with Gasteiger partial charge in [0.25, 0.3) is 0 Å². The summed E-state index contributed by atoms with van der Waals surface area (Å²) in [5, 5.41) is 13.7. The van der Waals surface area contributed by atoms with Crippen molar-refractivity contribution in [3.05, 3.63) is 52.8 Å². The molecule has 0 unspecified atom stereocenters. The number of aliphatic hydroxyl groups is 1. The van der Waals surface area contributed by atoms with Crippen LogP contribution in [-0.4, -0.2) is 45.3 Å². The SMILES string of the molecule is CC(=O)C1(c2ccccc2)CCN(Cc2c(C)nn(CCO)c2C)CC1. The van der Waals surface area contributed by atoms with Gasteiger partial charge in [0, 0.05) is 17.8 Å². The molecule has 2 aromatic rings. The van der Waals surface area contributed by atoms with E-state index in [9.17, 15) is 9.90 Å². The van der Waals surface area contributed by atoms with Crippen molar-refractivity contribution in [3.63, 3.8) is 0 Å². The highest BCUT2D eigenvalue weighted by Gasteiger charge is 2.40. The lowest BCUT2D eigenvalue weighted by Crippen LogP contribution is -2.46. The Hall–Kier alpha value is -1.98. The summed E-state index contributed by atoms with van der Waals surface area (Å²) in [7, 11) is 0. The van der Waals surface area contributed by atoms with E-state index in [2.05, 4.69) is 29.1 Å². The second-order valence-electron chi connectivity index (χ2n) is 7.38. The number of nitrogens with zero attached hydrogens (tertiary/aromatic N) is 3. The van der Waals surface area contributed by atoms with Crippen molar-refractivity contribution in [2.75, 3.05) is 19.7 Å². The van der Waals surface area contributed by atoms with Crippen LogP contribution in [0.15, 0.2) is 30.3 Å². The van der Waals surface area contributed by atoms with Crippen molar-refractivity contribution < 1.29 is 9.90 Å². The van der Waals surface area contributed by atoms with Crippen LogP contribution in [0.3, 0.4) is 0 Å². The molecule has 3 rings (SSSR count). The van der Waals surface area contributed by atoms with Gasteiger partial charge in [-0.2, -0.15) is 5.10 Å². The Kier molecular flexibility index (Phi) is 5.58. The van der Waals surface area contributed by atoms with Crippen LogP contribution >= 0.6 is 0 Å². The second kappa shape index (κ2) is 7.72.